The second kappa shape index (κ2) is 7.22. The fourth-order valence-electron chi connectivity index (χ4n) is 3.36. The molecule has 1 aromatic carbocycles. The molecular formula is C19H18FN3O3S. The topological polar surface area (TPSA) is 67.5 Å². The van der Waals surface area contributed by atoms with Crippen molar-refractivity contribution in [2.24, 2.45) is 0 Å². The van der Waals surface area contributed by atoms with Gasteiger partial charge in [-0.1, -0.05) is 6.07 Å². The van der Waals surface area contributed by atoms with E-state index in [1.54, 1.807) is 42.6 Å². The monoisotopic (exact) mass is 387 g/mol. The van der Waals surface area contributed by atoms with Gasteiger partial charge in [-0.3, -0.25) is 9.89 Å². The number of halogens is 1. The molecule has 8 heteroatoms. The standard InChI is InChI=1S/C19H18FN3O3S/c1-25-14(26-2)10-23-18(13-4-3-9-27-13)15-16(21-22-17(15)19(23)24)11-5-7-12(20)8-6-11/h3-9,14,18H,10H2,1-2H3,(H,21,22). The highest BCUT2D eigenvalue weighted by Crippen LogP contribution is 2.44. The van der Waals surface area contributed by atoms with Crippen molar-refractivity contribution in [3.8, 4) is 11.3 Å². The first kappa shape index (κ1) is 17.8. The molecule has 0 saturated carbocycles. The average molecular weight is 387 g/mol. The Morgan fingerprint density at radius 1 is 1.26 bits per heavy atom. The van der Waals surface area contributed by atoms with Crippen LogP contribution in [0.15, 0.2) is 41.8 Å². The van der Waals surface area contributed by atoms with Crippen LogP contribution in [0, 0.1) is 5.82 Å². The van der Waals surface area contributed by atoms with Crippen LogP contribution in [0.2, 0.25) is 0 Å². The summed E-state index contributed by atoms with van der Waals surface area (Å²) in [4.78, 5) is 15.8. The number of aromatic nitrogens is 2. The van der Waals surface area contributed by atoms with E-state index in [0.29, 0.717) is 11.4 Å². The van der Waals surface area contributed by atoms with Gasteiger partial charge in [0.25, 0.3) is 5.91 Å². The highest BCUT2D eigenvalue weighted by Gasteiger charge is 2.43. The number of carbonyl (C=O) groups is 1. The number of nitrogens with one attached hydrogen (secondary N) is 1. The number of thiophene rings is 1. The van der Waals surface area contributed by atoms with Crippen molar-refractivity contribution >= 4 is 17.2 Å². The van der Waals surface area contributed by atoms with Gasteiger partial charge in [0.2, 0.25) is 0 Å². The maximum absolute atomic E-state index is 13.3. The zero-order valence-electron chi connectivity index (χ0n) is 14.8. The number of methoxy groups -OCH3 is 2. The fourth-order valence-corrected chi connectivity index (χ4v) is 4.21. The second-order valence-electron chi connectivity index (χ2n) is 6.14. The quantitative estimate of drug-likeness (QED) is 0.658. The number of rotatable bonds is 6. The number of nitrogens with zero attached hydrogens (tertiary/aromatic N) is 2. The number of amides is 1. The number of hydrogen-bond acceptors (Lipinski definition) is 5. The van der Waals surface area contributed by atoms with E-state index in [0.717, 1.165) is 16.0 Å². The molecule has 1 unspecified atom stereocenters. The minimum absolute atomic E-state index is 0.164. The van der Waals surface area contributed by atoms with Crippen molar-refractivity contribution in [2.75, 3.05) is 20.8 Å². The van der Waals surface area contributed by atoms with Gasteiger partial charge in [0, 0.05) is 30.2 Å². The zero-order chi connectivity index (χ0) is 19.0. The van der Waals surface area contributed by atoms with E-state index in [-0.39, 0.29) is 24.3 Å². The Morgan fingerprint density at radius 3 is 2.63 bits per heavy atom. The molecule has 0 saturated heterocycles. The van der Waals surface area contributed by atoms with Crippen LogP contribution in [-0.4, -0.2) is 48.1 Å². The molecule has 3 heterocycles. The lowest BCUT2D eigenvalue weighted by atomic mass is 10.0. The third kappa shape index (κ3) is 3.05. The summed E-state index contributed by atoms with van der Waals surface area (Å²) in [6, 6.07) is 9.73. The molecule has 3 aromatic rings. The number of aromatic amines is 1. The van der Waals surface area contributed by atoms with E-state index in [1.165, 1.54) is 12.1 Å². The average Bonchev–Trinajstić information content (AvgIpc) is 3.39. The molecular weight excluding hydrogens is 369 g/mol. The molecule has 4 rings (SSSR count). The minimum atomic E-state index is -0.539. The SMILES string of the molecule is COC(CN1C(=O)c2[nH]nc(-c3ccc(F)cc3)c2C1c1cccs1)OC. The molecule has 0 spiro atoms. The van der Waals surface area contributed by atoms with E-state index < -0.39 is 6.29 Å². The molecule has 1 aliphatic heterocycles. The summed E-state index contributed by atoms with van der Waals surface area (Å²) >= 11 is 1.56. The smallest absolute Gasteiger partial charge is 0.273 e. The summed E-state index contributed by atoms with van der Waals surface area (Å²) in [5, 5.41) is 9.19. The number of H-pyrrole nitrogens is 1. The highest BCUT2D eigenvalue weighted by atomic mass is 32.1. The number of fused-ring (bicyclic) bond motifs is 1. The lowest BCUT2D eigenvalue weighted by Gasteiger charge is -2.28. The summed E-state index contributed by atoms with van der Waals surface area (Å²) in [5.41, 5.74) is 2.63. The van der Waals surface area contributed by atoms with E-state index >= 15 is 0 Å². The van der Waals surface area contributed by atoms with E-state index in [4.69, 9.17) is 9.47 Å². The van der Waals surface area contributed by atoms with E-state index in [9.17, 15) is 9.18 Å². The maximum atomic E-state index is 13.3. The molecule has 0 fully saturated rings. The van der Waals surface area contributed by atoms with Crippen LogP contribution in [0.3, 0.4) is 0 Å². The summed E-state index contributed by atoms with van der Waals surface area (Å²) in [6.07, 6.45) is -0.539. The van der Waals surface area contributed by atoms with Crippen molar-refractivity contribution in [2.45, 2.75) is 12.3 Å². The molecule has 0 bridgehead atoms. The van der Waals surface area contributed by atoms with Crippen molar-refractivity contribution in [1.29, 1.82) is 0 Å². The van der Waals surface area contributed by atoms with Crippen LogP contribution in [0.1, 0.15) is 27.0 Å². The molecule has 27 heavy (non-hydrogen) atoms. The van der Waals surface area contributed by atoms with E-state index in [2.05, 4.69) is 10.2 Å². The Bertz CT molecular complexity index is 936. The Morgan fingerprint density at radius 2 is 2.00 bits per heavy atom. The normalized spacial score (nSPS) is 16.4. The minimum Gasteiger partial charge on any atom is -0.354 e. The molecule has 1 N–H and O–H groups in total. The van der Waals surface area contributed by atoms with Crippen LogP contribution in [0.5, 0.6) is 0 Å². The third-order valence-corrected chi connectivity index (χ3v) is 5.59. The highest BCUT2D eigenvalue weighted by molar-refractivity contribution is 7.10. The first-order valence-electron chi connectivity index (χ1n) is 8.38. The lowest BCUT2D eigenvalue weighted by Crippen LogP contribution is -2.37. The third-order valence-electron chi connectivity index (χ3n) is 4.67. The first-order valence-corrected chi connectivity index (χ1v) is 9.26. The number of benzene rings is 1. The predicted molar refractivity (Wildman–Crippen MR) is 99.0 cm³/mol. The molecule has 1 aliphatic rings. The Kier molecular flexibility index (Phi) is 4.77. The molecule has 0 radical (unpaired) electrons. The van der Waals surface area contributed by atoms with Gasteiger partial charge in [0.05, 0.1) is 18.3 Å². The van der Waals surface area contributed by atoms with Gasteiger partial charge in [0.1, 0.15) is 11.5 Å². The van der Waals surface area contributed by atoms with Gasteiger partial charge in [-0.15, -0.1) is 11.3 Å². The zero-order valence-corrected chi connectivity index (χ0v) is 15.6. The largest absolute Gasteiger partial charge is 0.354 e. The lowest BCUT2D eigenvalue weighted by molar-refractivity contribution is -0.113. The summed E-state index contributed by atoms with van der Waals surface area (Å²) in [6.45, 7) is 0.278. The number of carbonyl (C=O) groups excluding carboxylic acids is 1. The van der Waals surface area contributed by atoms with Gasteiger partial charge in [0.15, 0.2) is 6.29 Å². The Labute approximate surface area is 159 Å². The molecule has 1 amide bonds. The fraction of sp³-hybridized carbons (Fsp3) is 0.263. The first-order chi connectivity index (χ1) is 13.1. The molecule has 6 nitrogen and oxygen atoms in total. The van der Waals surface area contributed by atoms with Gasteiger partial charge in [-0.05, 0) is 35.7 Å². The van der Waals surface area contributed by atoms with Crippen LogP contribution < -0.4 is 0 Å². The van der Waals surface area contributed by atoms with Gasteiger partial charge in [-0.2, -0.15) is 5.10 Å². The van der Waals surface area contributed by atoms with Crippen molar-refractivity contribution < 1.29 is 18.7 Å². The van der Waals surface area contributed by atoms with Gasteiger partial charge >= 0.3 is 0 Å². The van der Waals surface area contributed by atoms with E-state index in [1.807, 2.05) is 17.5 Å². The summed E-state index contributed by atoms with van der Waals surface area (Å²) in [7, 11) is 3.08. The Hall–Kier alpha value is -2.55. The molecule has 0 aliphatic carbocycles. The van der Waals surface area contributed by atoms with Crippen LogP contribution in [-0.2, 0) is 9.47 Å². The van der Waals surface area contributed by atoms with Crippen LogP contribution in [0.4, 0.5) is 4.39 Å². The van der Waals surface area contributed by atoms with Crippen LogP contribution in [0.25, 0.3) is 11.3 Å². The molecule has 2 aromatic heterocycles. The predicted octanol–water partition coefficient (Wildman–Crippen LogP) is 3.44. The van der Waals surface area contributed by atoms with Gasteiger partial charge < -0.3 is 14.4 Å². The number of ether oxygens (including phenoxy) is 2. The van der Waals surface area contributed by atoms with Crippen molar-refractivity contribution in [3.63, 3.8) is 0 Å². The second-order valence-corrected chi connectivity index (χ2v) is 7.12. The van der Waals surface area contributed by atoms with Crippen LogP contribution >= 0.6 is 11.3 Å². The summed E-state index contributed by atoms with van der Waals surface area (Å²) in [5.74, 6) is -0.482. The molecule has 1 atom stereocenters. The molecule has 140 valence electrons. The van der Waals surface area contributed by atoms with Crippen molar-refractivity contribution in [3.05, 3.63) is 63.7 Å². The maximum Gasteiger partial charge on any atom is 0.273 e. The Balaban J connectivity index is 1.81. The van der Waals surface area contributed by atoms with Gasteiger partial charge in [-0.25, -0.2) is 4.39 Å². The van der Waals surface area contributed by atoms with Crippen molar-refractivity contribution in [1.82, 2.24) is 15.1 Å². The number of hydrogen-bond donors (Lipinski definition) is 1. The summed E-state index contributed by atoms with van der Waals surface area (Å²) < 4.78 is 23.9.